The van der Waals surface area contributed by atoms with Gasteiger partial charge in [-0.3, -0.25) is 4.68 Å². The minimum absolute atomic E-state index is 0.789. The Morgan fingerprint density at radius 3 is 2.81 bits per heavy atom. The van der Waals surface area contributed by atoms with Crippen molar-refractivity contribution in [2.24, 2.45) is 7.05 Å². The van der Waals surface area contributed by atoms with E-state index in [1.54, 1.807) is 16.0 Å². The number of nitrogens with one attached hydrogen (secondary N) is 1. The molecule has 6 heteroatoms. The Kier molecular flexibility index (Phi) is 3.09. The van der Waals surface area contributed by atoms with Gasteiger partial charge in [-0.2, -0.15) is 5.10 Å². The maximum Gasteiger partial charge on any atom is 0.185 e. The average molecular weight is 237 g/mol. The summed E-state index contributed by atoms with van der Waals surface area (Å²) in [7, 11) is 5.90. The molecule has 0 aliphatic rings. The van der Waals surface area contributed by atoms with Gasteiger partial charge in [0.15, 0.2) is 5.13 Å². The van der Waals surface area contributed by atoms with E-state index in [-0.39, 0.29) is 0 Å². The lowest BCUT2D eigenvalue weighted by Crippen LogP contribution is -2.07. The normalized spacial score (nSPS) is 10.4. The Morgan fingerprint density at radius 1 is 1.44 bits per heavy atom. The SMILES string of the molecule is CN(C)c1ncc(CNc2cnn(C)c2)s1. The van der Waals surface area contributed by atoms with Crippen LogP contribution in [0.3, 0.4) is 0 Å². The highest BCUT2D eigenvalue weighted by atomic mass is 32.1. The summed E-state index contributed by atoms with van der Waals surface area (Å²) in [6.45, 7) is 0.789. The van der Waals surface area contributed by atoms with Crippen LogP contribution in [0.1, 0.15) is 4.88 Å². The first kappa shape index (κ1) is 10.9. The van der Waals surface area contributed by atoms with E-state index >= 15 is 0 Å². The first-order valence-corrected chi connectivity index (χ1v) is 5.81. The molecule has 0 aromatic carbocycles. The molecule has 5 nitrogen and oxygen atoms in total. The summed E-state index contributed by atoms with van der Waals surface area (Å²) < 4.78 is 1.78. The third kappa shape index (κ3) is 2.52. The van der Waals surface area contributed by atoms with Gasteiger partial charge in [0, 0.05) is 38.4 Å². The summed E-state index contributed by atoms with van der Waals surface area (Å²) in [6.07, 6.45) is 5.67. The molecule has 0 atom stereocenters. The lowest BCUT2D eigenvalue weighted by molar-refractivity contribution is 0.768. The van der Waals surface area contributed by atoms with Gasteiger partial charge in [-0.1, -0.05) is 0 Å². The van der Waals surface area contributed by atoms with E-state index in [0.29, 0.717) is 0 Å². The lowest BCUT2D eigenvalue weighted by Gasteiger charge is -2.05. The fraction of sp³-hybridized carbons (Fsp3) is 0.400. The summed E-state index contributed by atoms with van der Waals surface area (Å²) in [6, 6.07) is 0. The van der Waals surface area contributed by atoms with Gasteiger partial charge in [0.2, 0.25) is 0 Å². The van der Waals surface area contributed by atoms with Crippen LogP contribution in [0.15, 0.2) is 18.6 Å². The molecule has 1 N–H and O–H groups in total. The van der Waals surface area contributed by atoms with E-state index in [0.717, 1.165) is 17.4 Å². The Labute approximate surface area is 98.7 Å². The molecule has 2 aromatic heterocycles. The molecular formula is C10H15N5S. The number of aryl methyl sites for hydroxylation is 1. The van der Waals surface area contributed by atoms with Crippen molar-refractivity contribution in [2.45, 2.75) is 6.54 Å². The van der Waals surface area contributed by atoms with Crippen molar-refractivity contribution >= 4 is 22.2 Å². The number of nitrogens with zero attached hydrogens (tertiary/aromatic N) is 4. The average Bonchev–Trinajstić information content (AvgIpc) is 2.83. The Balaban J connectivity index is 1.94. The third-order valence-corrected chi connectivity index (χ3v) is 3.26. The number of hydrogen-bond acceptors (Lipinski definition) is 5. The molecule has 0 amide bonds. The van der Waals surface area contributed by atoms with Gasteiger partial charge in [0.05, 0.1) is 18.4 Å². The van der Waals surface area contributed by atoms with Crippen LogP contribution in [0.2, 0.25) is 0 Å². The quantitative estimate of drug-likeness (QED) is 0.876. The fourth-order valence-corrected chi connectivity index (χ4v) is 2.06. The smallest absolute Gasteiger partial charge is 0.185 e. The Bertz CT molecular complexity index is 459. The van der Waals surface area contributed by atoms with Gasteiger partial charge in [-0.25, -0.2) is 4.98 Å². The minimum atomic E-state index is 0.789. The zero-order valence-corrected chi connectivity index (χ0v) is 10.5. The van der Waals surface area contributed by atoms with Crippen LogP contribution in [0, 0.1) is 0 Å². The number of thiazole rings is 1. The second kappa shape index (κ2) is 4.52. The van der Waals surface area contributed by atoms with E-state index < -0.39 is 0 Å². The predicted molar refractivity (Wildman–Crippen MR) is 67.0 cm³/mol. The second-order valence-electron chi connectivity index (χ2n) is 3.76. The zero-order chi connectivity index (χ0) is 11.5. The lowest BCUT2D eigenvalue weighted by atomic mass is 10.5. The van der Waals surface area contributed by atoms with Crippen molar-refractivity contribution in [3.8, 4) is 0 Å². The molecule has 0 aliphatic carbocycles. The van der Waals surface area contributed by atoms with Crippen LogP contribution >= 0.6 is 11.3 Å². The van der Waals surface area contributed by atoms with Crippen LogP contribution in [0.25, 0.3) is 0 Å². The highest BCUT2D eigenvalue weighted by Crippen LogP contribution is 2.21. The molecule has 0 saturated heterocycles. The first-order chi connectivity index (χ1) is 7.65. The monoisotopic (exact) mass is 237 g/mol. The summed E-state index contributed by atoms with van der Waals surface area (Å²) in [4.78, 5) is 7.54. The number of aromatic nitrogens is 3. The molecule has 86 valence electrons. The van der Waals surface area contributed by atoms with Crippen molar-refractivity contribution in [1.29, 1.82) is 0 Å². The van der Waals surface area contributed by atoms with E-state index in [2.05, 4.69) is 15.4 Å². The second-order valence-corrected chi connectivity index (χ2v) is 4.85. The molecule has 16 heavy (non-hydrogen) atoms. The molecule has 2 rings (SSSR count). The van der Waals surface area contributed by atoms with Gasteiger partial charge < -0.3 is 10.2 Å². The van der Waals surface area contributed by atoms with Crippen molar-refractivity contribution in [1.82, 2.24) is 14.8 Å². The highest BCUT2D eigenvalue weighted by Gasteiger charge is 2.03. The van der Waals surface area contributed by atoms with Gasteiger partial charge >= 0.3 is 0 Å². The molecule has 0 spiro atoms. The third-order valence-electron chi connectivity index (χ3n) is 2.10. The van der Waals surface area contributed by atoms with E-state index in [1.807, 2.05) is 44.6 Å². The fourth-order valence-electron chi connectivity index (χ4n) is 1.29. The Morgan fingerprint density at radius 2 is 2.25 bits per heavy atom. The molecule has 0 fully saturated rings. The minimum Gasteiger partial charge on any atom is -0.378 e. The van der Waals surface area contributed by atoms with Crippen LogP contribution in [-0.4, -0.2) is 28.9 Å². The maximum atomic E-state index is 4.32. The molecule has 0 bridgehead atoms. The van der Waals surface area contributed by atoms with E-state index in [9.17, 15) is 0 Å². The van der Waals surface area contributed by atoms with Crippen LogP contribution < -0.4 is 10.2 Å². The number of hydrogen-bond donors (Lipinski definition) is 1. The van der Waals surface area contributed by atoms with Crippen LogP contribution in [0.5, 0.6) is 0 Å². The molecular weight excluding hydrogens is 222 g/mol. The van der Waals surface area contributed by atoms with Gasteiger partial charge in [0.1, 0.15) is 0 Å². The molecule has 0 aliphatic heterocycles. The molecule has 2 aromatic rings. The van der Waals surface area contributed by atoms with Crippen molar-refractivity contribution in [3.63, 3.8) is 0 Å². The van der Waals surface area contributed by atoms with Crippen molar-refractivity contribution in [2.75, 3.05) is 24.3 Å². The number of anilines is 2. The summed E-state index contributed by atoms with van der Waals surface area (Å²) in [5, 5.41) is 8.43. The molecule has 0 unspecified atom stereocenters. The molecule has 2 heterocycles. The largest absolute Gasteiger partial charge is 0.378 e. The van der Waals surface area contributed by atoms with Crippen molar-refractivity contribution < 1.29 is 0 Å². The van der Waals surface area contributed by atoms with Crippen molar-refractivity contribution in [3.05, 3.63) is 23.5 Å². The number of rotatable bonds is 4. The molecule has 0 radical (unpaired) electrons. The van der Waals surface area contributed by atoms with Gasteiger partial charge in [-0.05, 0) is 0 Å². The first-order valence-electron chi connectivity index (χ1n) is 4.99. The van der Waals surface area contributed by atoms with E-state index in [1.165, 1.54) is 4.88 Å². The summed E-state index contributed by atoms with van der Waals surface area (Å²) in [5.74, 6) is 0. The van der Waals surface area contributed by atoms with Gasteiger partial charge in [-0.15, -0.1) is 11.3 Å². The van der Waals surface area contributed by atoms with Crippen LogP contribution in [0.4, 0.5) is 10.8 Å². The summed E-state index contributed by atoms with van der Waals surface area (Å²) in [5.41, 5.74) is 1.03. The Hall–Kier alpha value is -1.56. The zero-order valence-electron chi connectivity index (χ0n) is 9.64. The standard InChI is InChI=1S/C10H15N5S/c1-14(2)10-12-6-9(16-10)5-11-8-4-13-15(3)7-8/h4,6-7,11H,5H2,1-3H3. The maximum absolute atomic E-state index is 4.32. The van der Waals surface area contributed by atoms with E-state index in [4.69, 9.17) is 0 Å². The topological polar surface area (TPSA) is 46.0 Å². The van der Waals surface area contributed by atoms with Gasteiger partial charge in [0.25, 0.3) is 0 Å². The van der Waals surface area contributed by atoms with Crippen LogP contribution in [-0.2, 0) is 13.6 Å². The highest BCUT2D eigenvalue weighted by molar-refractivity contribution is 7.15. The summed E-state index contributed by atoms with van der Waals surface area (Å²) >= 11 is 1.69. The predicted octanol–water partition coefficient (Wildman–Crippen LogP) is 1.55. The molecule has 0 saturated carbocycles.